The number of hydrogen-bond acceptors (Lipinski definition) is 2. The Kier molecular flexibility index (Phi) is 6.32. The van der Waals surface area contributed by atoms with E-state index in [1.54, 1.807) is 0 Å². The SMILES string of the molecule is CCCNCC1(OC(C)(C)C)CCC(C(C)C)CC1. The Morgan fingerprint density at radius 2 is 1.79 bits per heavy atom. The number of ether oxygens (including phenoxy) is 1. The summed E-state index contributed by atoms with van der Waals surface area (Å²) in [6.07, 6.45) is 6.26. The van der Waals surface area contributed by atoms with Gasteiger partial charge in [0.1, 0.15) is 0 Å². The summed E-state index contributed by atoms with van der Waals surface area (Å²) in [6, 6.07) is 0. The van der Waals surface area contributed by atoms with Gasteiger partial charge in [-0.3, -0.25) is 0 Å². The Morgan fingerprint density at radius 1 is 1.21 bits per heavy atom. The van der Waals surface area contributed by atoms with E-state index in [0.29, 0.717) is 0 Å². The minimum Gasteiger partial charge on any atom is -0.368 e. The van der Waals surface area contributed by atoms with E-state index in [1.165, 1.54) is 32.1 Å². The molecule has 0 radical (unpaired) electrons. The van der Waals surface area contributed by atoms with E-state index in [0.717, 1.165) is 24.9 Å². The van der Waals surface area contributed by atoms with Crippen molar-refractivity contribution in [1.82, 2.24) is 5.32 Å². The van der Waals surface area contributed by atoms with Gasteiger partial charge in [-0.05, 0) is 71.3 Å². The van der Waals surface area contributed by atoms with Crippen LogP contribution in [-0.4, -0.2) is 24.3 Å². The van der Waals surface area contributed by atoms with Gasteiger partial charge in [0.25, 0.3) is 0 Å². The van der Waals surface area contributed by atoms with Crippen molar-refractivity contribution < 1.29 is 4.74 Å². The monoisotopic (exact) mass is 269 g/mol. The molecule has 0 saturated heterocycles. The average Bonchev–Trinajstić information content (AvgIpc) is 2.27. The van der Waals surface area contributed by atoms with Gasteiger partial charge in [-0.2, -0.15) is 0 Å². The first kappa shape index (κ1) is 17.0. The molecule has 19 heavy (non-hydrogen) atoms. The molecule has 1 aliphatic rings. The summed E-state index contributed by atoms with van der Waals surface area (Å²) in [7, 11) is 0. The van der Waals surface area contributed by atoms with E-state index in [-0.39, 0.29) is 11.2 Å². The van der Waals surface area contributed by atoms with Gasteiger partial charge < -0.3 is 10.1 Å². The summed E-state index contributed by atoms with van der Waals surface area (Å²) in [5.74, 6) is 1.71. The Balaban J connectivity index is 2.61. The zero-order valence-corrected chi connectivity index (χ0v) is 14.0. The van der Waals surface area contributed by atoms with Crippen molar-refractivity contribution in [2.45, 2.75) is 84.8 Å². The fourth-order valence-electron chi connectivity index (χ4n) is 3.29. The zero-order chi connectivity index (χ0) is 14.5. The lowest BCUT2D eigenvalue weighted by Gasteiger charge is -2.45. The molecule has 0 spiro atoms. The maximum Gasteiger partial charge on any atom is 0.0813 e. The molecule has 0 heterocycles. The molecule has 1 N–H and O–H groups in total. The Labute approximate surface area is 120 Å². The van der Waals surface area contributed by atoms with Gasteiger partial charge in [0.05, 0.1) is 11.2 Å². The molecule has 1 rings (SSSR count). The molecule has 0 atom stereocenters. The van der Waals surface area contributed by atoms with Crippen molar-refractivity contribution in [3.05, 3.63) is 0 Å². The van der Waals surface area contributed by atoms with Gasteiger partial charge in [0, 0.05) is 6.54 Å². The van der Waals surface area contributed by atoms with E-state index < -0.39 is 0 Å². The standard InChI is InChI=1S/C17H35NO/c1-7-12-18-13-17(19-16(4,5)6)10-8-15(9-11-17)14(2)3/h14-15,18H,7-13H2,1-6H3. The second kappa shape index (κ2) is 7.08. The first-order chi connectivity index (χ1) is 8.78. The van der Waals surface area contributed by atoms with Crippen molar-refractivity contribution >= 4 is 0 Å². The molecule has 2 heteroatoms. The topological polar surface area (TPSA) is 21.3 Å². The molecular weight excluding hydrogens is 234 g/mol. The summed E-state index contributed by atoms with van der Waals surface area (Å²) in [6.45, 7) is 15.6. The van der Waals surface area contributed by atoms with Crippen LogP contribution >= 0.6 is 0 Å². The van der Waals surface area contributed by atoms with E-state index in [2.05, 4.69) is 46.9 Å². The van der Waals surface area contributed by atoms with Gasteiger partial charge >= 0.3 is 0 Å². The minimum atomic E-state index is -0.0431. The predicted molar refractivity (Wildman–Crippen MR) is 83.5 cm³/mol. The largest absolute Gasteiger partial charge is 0.368 e. The molecule has 0 aromatic carbocycles. The smallest absolute Gasteiger partial charge is 0.0813 e. The number of rotatable bonds is 6. The lowest BCUT2D eigenvalue weighted by atomic mass is 9.74. The normalized spacial score (nSPS) is 28.9. The van der Waals surface area contributed by atoms with Crippen LogP contribution in [0, 0.1) is 11.8 Å². The third kappa shape index (κ3) is 5.83. The van der Waals surface area contributed by atoms with Crippen molar-refractivity contribution in [3.8, 4) is 0 Å². The van der Waals surface area contributed by atoms with Crippen LogP contribution in [0.15, 0.2) is 0 Å². The lowest BCUT2D eigenvalue weighted by molar-refractivity contribution is -0.152. The zero-order valence-electron chi connectivity index (χ0n) is 14.0. The second-order valence-corrected chi connectivity index (χ2v) is 7.66. The first-order valence-electron chi connectivity index (χ1n) is 8.19. The van der Waals surface area contributed by atoms with Crippen molar-refractivity contribution in [1.29, 1.82) is 0 Å². The maximum atomic E-state index is 6.48. The van der Waals surface area contributed by atoms with Crippen LogP contribution in [0.25, 0.3) is 0 Å². The van der Waals surface area contributed by atoms with Crippen LogP contribution in [0.5, 0.6) is 0 Å². The van der Waals surface area contributed by atoms with Crippen molar-refractivity contribution in [2.75, 3.05) is 13.1 Å². The minimum absolute atomic E-state index is 0.0431. The third-order valence-electron chi connectivity index (χ3n) is 4.28. The molecule has 0 bridgehead atoms. The first-order valence-corrected chi connectivity index (χ1v) is 8.19. The Bertz CT molecular complexity index is 246. The highest BCUT2D eigenvalue weighted by Crippen LogP contribution is 2.39. The predicted octanol–water partition coefficient (Wildman–Crippen LogP) is 4.39. The molecule has 1 aliphatic carbocycles. The van der Waals surface area contributed by atoms with E-state index in [4.69, 9.17) is 4.74 Å². The number of hydrogen-bond donors (Lipinski definition) is 1. The van der Waals surface area contributed by atoms with Crippen LogP contribution in [0.3, 0.4) is 0 Å². The quantitative estimate of drug-likeness (QED) is 0.722. The summed E-state index contributed by atoms with van der Waals surface area (Å²) in [5, 5.41) is 3.59. The van der Waals surface area contributed by atoms with E-state index in [9.17, 15) is 0 Å². The maximum absolute atomic E-state index is 6.48. The molecule has 114 valence electrons. The van der Waals surface area contributed by atoms with E-state index in [1.807, 2.05) is 0 Å². The molecular formula is C17H35NO. The summed E-state index contributed by atoms with van der Waals surface area (Å²) >= 11 is 0. The molecule has 0 unspecified atom stereocenters. The molecule has 1 fully saturated rings. The van der Waals surface area contributed by atoms with Crippen LogP contribution in [0.4, 0.5) is 0 Å². The summed E-state index contributed by atoms with van der Waals surface area (Å²) in [4.78, 5) is 0. The van der Waals surface area contributed by atoms with Crippen LogP contribution in [0.2, 0.25) is 0 Å². The van der Waals surface area contributed by atoms with E-state index >= 15 is 0 Å². The van der Waals surface area contributed by atoms with Crippen LogP contribution < -0.4 is 5.32 Å². The van der Waals surface area contributed by atoms with Gasteiger partial charge in [-0.1, -0.05) is 20.8 Å². The highest BCUT2D eigenvalue weighted by molar-refractivity contribution is 4.91. The Morgan fingerprint density at radius 3 is 2.21 bits per heavy atom. The highest BCUT2D eigenvalue weighted by Gasteiger charge is 2.39. The third-order valence-corrected chi connectivity index (χ3v) is 4.28. The molecule has 0 aliphatic heterocycles. The summed E-state index contributed by atoms with van der Waals surface area (Å²) < 4.78 is 6.48. The van der Waals surface area contributed by atoms with Crippen LogP contribution in [0.1, 0.15) is 73.6 Å². The molecule has 0 amide bonds. The molecule has 2 nitrogen and oxygen atoms in total. The fraction of sp³-hybridized carbons (Fsp3) is 1.00. The van der Waals surface area contributed by atoms with Gasteiger partial charge in [-0.25, -0.2) is 0 Å². The highest BCUT2D eigenvalue weighted by atomic mass is 16.5. The molecule has 1 saturated carbocycles. The molecule has 0 aromatic heterocycles. The van der Waals surface area contributed by atoms with Gasteiger partial charge in [0.15, 0.2) is 0 Å². The Hall–Kier alpha value is -0.0800. The summed E-state index contributed by atoms with van der Waals surface area (Å²) in [5.41, 5.74) is 0.0252. The average molecular weight is 269 g/mol. The molecule has 0 aromatic rings. The van der Waals surface area contributed by atoms with Crippen molar-refractivity contribution in [3.63, 3.8) is 0 Å². The fourth-order valence-corrected chi connectivity index (χ4v) is 3.29. The lowest BCUT2D eigenvalue weighted by Crippen LogP contribution is -2.50. The number of nitrogens with one attached hydrogen (secondary N) is 1. The van der Waals surface area contributed by atoms with Gasteiger partial charge in [0.2, 0.25) is 0 Å². The van der Waals surface area contributed by atoms with Crippen LogP contribution in [-0.2, 0) is 4.74 Å². The van der Waals surface area contributed by atoms with Crippen molar-refractivity contribution in [2.24, 2.45) is 11.8 Å². The van der Waals surface area contributed by atoms with Gasteiger partial charge in [-0.15, -0.1) is 0 Å². The second-order valence-electron chi connectivity index (χ2n) is 7.66.